The molecule has 2 rings (SSSR count). The minimum absolute atomic E-state index is 0.447. The van der Waals surface area contributed by atoms with Gasteiger partial charge >= 0.3 is 6.18 Å². The van der Waals surface area contributed by atoms with Crippen LogP contribution in [0.15, 0.2) is 42.5 Å². The molecule has 0 heterocycles. The topological polar surface area (TPSA) is 38.0 Å². The van der Waals surface area contributed by atoms with Crippen molar-refractivity contribution < 1.29 is 13.2 Å². The average Bonchev–Trinajstić information content (AvgIpc) is 2.39. The normalized spacial score (nSPS) is 11.4. The number of rotatable bonds is 3. The van der Waals surface area contributed by atoms with Crippen LogP contribution in [0.2, 0.25) is 0 Å². The van der Waals surface area contributed by atoms with Crippen molar-refractivity contribution >= 4 is 11.4 Å². The first-order valence-electron chi connectivity index (χ1n) is 6.12. The second-order valence-corrected chi connectivity index (χ2v) is 4.62. The predicted molar refractivity (Wildman–Crippen MR) is 74.4 cm³/mol. The van der Waals surface area contributed by atoms with Crippen LogP contribution in [-0.4, -0.2) is 0 Å². The van der Waals surface area contributed by atoms with E-state index in [0.717, 1.165) is 28.9 Å². The van der Waals surface area contributed by atoms with Crippen molar-refractivity contribution in [3.63, 3.8) is 0 Å². The second kappa shape index (κ2) is 5.45. The van der Waals surface area contributed by atoms with Crippen LogP contribution in [0.25, 0.3) is 0 Å². The Labute approximate surface area is 115 Å². The molecule has 0 unspecified atom stereocenters. The van der Waals surface area contributed by atoms with Gasteiger partial charge in [0, 0.05) is 17.9 Å². The minimum Gasteiger partial charge on any atom is -0.399 e. The Bertz CT molecular complexity index is 589. The van der Waals surface area contributed by atoms with Gasteiger partial charge in [-0.2, -0.15) is 13.2 Å². The third kappa shape index (κ3) is 3.44. The van der Waals surface area contributed by atoms with Gasteiger partial charge in [-0.15, -0.1) is 0 Å². The van der Waals surface area contributed by atoms with Crippen molar-refractivity contribution in [1.29, 1.82) is 0 Å². The monoisotopic (exact) mass is 280 g/mol. The Balaban J connectivity index is 2.06. The molecule has 0 aliphatic carbocycles. The number of nitrogens with one attached hydrogen (secondary N) is 1. The van der Waals surface area contributed by atoms with Crippen LogP contribution in [0.5, 0.6) is 0 Å². The average molecular weight is 280 g/mol. The smallest absolute Gasteiger partial charge is 0.399 e. The maximum atomic E-state index is 12.4. The number of anilines is 2. The highest BCUT2D eigenvalue weighted by Gasteiger charge is 2.29. The van der Waals surface area contributed by atoms with E-state index in [0.29, 0.717) is 12.2 Å². The lowest BCUT2D eigenvalue weighted by atomic mass is 10.1. The molecule has 20 heavy (non-hydrogen) atoms. The Morgan fingerprint density at radius 2 is 1.70 bits per heavy atom. The van der Waals surface area contributed by atoms with E-state index in [2.05, 4.69) is 5.32 Å². The molecule has 0 aromatic heterocycles. The Kier molecular flexibility index (Phi) is 3.88. The molecule has 0 atom stereocenters. The van der Waals surface area contributed by atoms with Crippen molar-refractivity contribution in [2.75, 3.05) is 11.1 Å². The summed E-state index contributed by atoms with van der Waals surface area (Å²) in [7, 11) is 0. The zero-order chi connectivity index (χ0) is 14.8. The van der Waals surface area contributed by atoms with E-state index in [9.17, 15) is 13.2 Å². The molecule has 0 bridgehead atoms. The number of nitrogens with two attached hydrogens (primary N) is 1. The van der Waals surface area contributed by atoms with Crippen molar-refractivity contribution in [3.05, 3.63) is 59.2 Å². The molecular formula is C15H15F3N2. The third-order valence-corrected chi connectivity index (χ3v) is 3.03. The van der Waals surface area contributed by atoms with Crippen LogP contribution < -0.4 is 11.1 Å². The molecule has 0 saturated heterocycles. The van der Waals surface area contributed by atoms with Gasteiger partial charge in [0.1, 0.15) is 0 Å². The van der Waals surface area contributed by atoms with Gasteiger partial charge in [-0.05, 0) is 42.3 Å². The lowest BCUT2D eigenvalue weighted by Gasteiger charge is -2.11. The Morgan fingerprint density at radius 3 is 2.30 bits per heavy atom. The molecule has 3 N–H and O–H groups in total. The Hall–Kier alpha value is -2.17. The molecule has 106 valence electrons. The van der Waals surface area contributed by atoms with Gasteiger partial charge in [0.15, 0.2) is 0 Å². The van der Waals surface area contributed by atoms with Crippen LogP contribution in [0.3, 0.4) is 0 Å². The summed E-state index contributed by atoms with van der Waals surface area (Å²) >= 11 is 0. The van der Waals surface area contributed by atoms with Gasteiger partial charge in [0.25, 0.3) is 0 Å². The molecule has 0 radical (unpaired) electrons. The molecule has 2 aromatic carbocycles. The fourth-order valence-electron chi connectivity index (χ4n) is 1.84. The van der Waals surface area contributed by atoms with Crippen LogP contribution in [0, 0.1) is 6.92 Å². The molecule has 0 aliphatic heterocycles. The fourth-order valence-corrected chi connectivity index (χ4v) is 1.84. The molecule has 5 heteroatoms. The third-order valence-electron chi connectivity index (χ3n) is 3.03. The minimum atomic E-state index is -4.30. The van der Waals surface area contributed by atoms with E-state index in [4.69, 9.17) is 5.73 Å². The van der Waals surface area contributed by atoms with Gasteiger partial charge in [-0.1, -0.05) is 18.2 Å². The first-order chi connectivity index (χ1) is 9.36. The van der Waals surface area contributed by atoms with Gasteiger partial charge in [0.2, 0.25) is 0 Å². The molecule has 0 fully saturated rings. The largest absolute Gasteiger partial charge is 0.416 e. The molecule has 2 aromatic rings. The maximum Gasteiger partial charge on any atom is 0.416 e. The number of benzene rings is 2. The van der Waals surface area contributed by atoms with Crippen molar-refractivity contribution in [1.82, 2.24) is 0 Å². The number of nitrogen functional groups attached to an aromatic ring is 1. The molecule has 0 amide bonds. The zero-order valence-corrected chi connectivity index (χ0v) is 11.0. The summed E-state index contributed by atoms with van der Waals surface area (Å²) in [5.74, 6) is 0. The summed E-state index contributed by atoms with van der Waals surface area (Å²) < 4.78 is 37.3. The first kappa shape index (κ1) is 14.2. The van der Waals surface area contributed by atoms with E-state index in [-0.39, 0.29) is 0 Å². The molecule has 0 spiro atoms. The number of halogens is 3. The van der Waals surface area contributed by atoms with E-state index in [1.54, 1.807) is 12.1 Å². The molecule has 2 nitrogen and oxygen atoms in total. The van der Waals surface area contributed by atoms with Gasteiger partial charge in [0.05, 0.1) is 5.56 Å². The summed E-state index contributed by atoms with van der Waals surface area (Å²) in [6.45, 7) is 2.39. The van der Waals surface area contributed by atoms with Gasteiger partial charge in [-0.3, -0.25) is 0 Å². The maximum absolute atomic E-state index is 12.4. The number of hydrogen-bond donors (Lipinski definition) is 2. The summed E-state index contributed by atoms with van der Waals surface area (Å²) in [4.78, 5) is 0. The van der Waals surface area contributed by atoms with Crippen molar-refractivity contribution in [3.8, 4) is 0 Å². The van der Waals surface area contributed by atoms with Crippen LogP contribution >= 0.6 is 0 Å². The lowest BCUT2D eigenvalue weighted by molar-refractivity contribution is -0.137. The molecule has 0 saturated carbocycles. The zero-order valence-electron chi connectivity index (χ0n) is 11.0. The summed E-state index contributed by atoms with van der Waals surface area (Å²) in [5.41, 5.74) is 8.40. The number of hydrogen-bond acceptors (Lipinski definition) is 2. The summed E-state index contributed by atoms with van der Waals surface area (Å²) in [6.07, 6.45) is -4.30. The van der Waals surface area contributed by atoms with Crippen LogP contribution in [0.1, 0.15) is 16.7 Å². The van der Waals surface area contributed by atoms with E-state index in [1.165, 1.54) is 12.1 Å². The van der Waals surface area contributed by atoms with Gasteiger partial charge < -0.3 is 11.1 Å². The van der Waals surface area contributed by atoms with E-state index >= 15 is 0 Å². The van der Waals surface area contributed by atoms with Crippen molar-refractivity contribution in [2.45, 2.75) is 19.6 Å². The highest BCUT2D eigenvalue weighted by Crippen LogP contribution is 2.29. The van der Waals surface area contributed by atoms with E-state index in [1.807, 2.05) is 13.0 Å². The highest BCUT2D eigenvalue weighted by atomic mass is 19.4. The van der Waals surface area contributed by atoms with E-state index < -0.39 is 11.7 Å². The SMILES string of the molecule is Cc1ccc(N)cc1NCc1ccc(C(F)(F)F)cc1. The molecular weight excluding hydrogens is 265 g/mol. The highest BCUT2D eigenvalue weighted by molar-refractivity contribution is 5.59. The van der Waals surface area contributed by atoms with Crippen molar-refractivity contribution in [2.24, 2.45) is 0 Å². The quantitative estimate of drug-likeness (QED) is 0.827. The number of aryl methyl sites for hydroxylation is 1. The standard InChI is InChI=1S/C15H15F3N2/c1-10-2-7-13(19)8-14(10)20-9-11-3-5-12(6-4-11)15(16,17)18/h2-8,20H,9,19H2,1H3. The van der Waals surface area contributed by atoms with Gasteiger partial charge in [-0.25, -0.2) is 0 Å². The second-order valence-electron chi connectivity index (χ2n) is 4.62. The number of alkyl halides is 3. The first-order valence-corrected chi connectivity index (χ1v) is 6.12. The Morgan fingerprint density at radius 1 is 1.05 bits per heavy atom. The lowest BCUT2D eigenvalue weighted by Crippen LogP contribution is -2.06. The fraction of sp³-hybridized carbons (Fsp3) is 0.200. The predicted octanol–water partition coefficient (Wildman–Crippen LogP) is 4.21. The van der Waals surface area contributed by atoms with Crippen LogP contribution in [0.4, 0.5) is 24.5 Å². The summed E-state index contributed by atoms with van der Waals surface area (Å²) in [5, 5.41) is 3.17. The van der Waals surface area contributed by atoms with Crippen LogP contribution in [-0.2, 0) is 12.7 Å². The molecule has 0 aliphatic rings. The summed E-state index contributed by atoms with van der Waals surface area (Å²) in [6, 6.07) is 10.6.